The van der Waals surface area contributed by atoms with Crippen LogP contribution in [-0.2, 0) is 91.7 Å². The van der Waals surface area contributed by atoms with Crippen molar-refractivity contribution in [3.63, 3.8) is 0 Å². The molecule has 68 heavy (non-hydrogen) atoms. The largest absolute Gasteiger partial charge is 0.374 e. The first-order valence-electron chi connectivity index (χ1n) is 23.6. The summed E-state index contributed by atoms with van der Waals surface area (Å²) in [4.78, 5) is 0. The number of ether oxygens (including phenoxy) is 11. The molecule has 11 nitrogen and oxygen atoms in total. The number of fused-ring (bicyclic) bond motifs is 1. The van der Waals surface area contributed by atoms with Crippen LogP contribution in [0.1, 0.15) is 47.2 Å². The fourth-order valence-corrected chi connectivity index (χ4v) is 8.88. The number of hydrogen-bond acceptors (Lipinski definition) is 11. The van der Waals surface area contributed by atoms with Gasteiger partial charge < -0.3 is 52.1 Å². The van der Waals surface area contributed by atoms with Crippen molar-refractivity contribution < 1.29 is 52.1 Å². The third kappa shape index (κ3) is 13.1. The SMILES string of the molecule is CC1(C)O[C@H]2[C@@H](O1)[C@@H](COCc1ccccc1)O[C@@H](O[C@H]1O[C@H](COCc3ccccc3)[C@@H](OCc3ccccc3)[C@H](OCc3ccccc3)[C@@H]1OCc1ccccc1)[C@@H]2OCc1ccccc1. The van der Waals surface area contributed by atoms with Crippen LogP contribution in [0.25, 0.3) is 0 Å². The molecule has 6 aromatic rings. The molecule has 3 aliphatic heterocycles. The van der Waals surface area contributed by atoms with Gasteiger partial charge in [-0.05, 0) is 47.2 Å². The van der Waals surface area contributed by atoms with Gasteiger partial charge in [-0.2, -0.15) is 0 Å². The lowest BCUT2D eigenvalue weighted by Gasteiger charge is -2.48. The van der Waals surface area contributed by atoms with Crippen molar-refractivity contribution >= 4 is 0 Å². The van der Waals surface area contributed by atoms with E-state index < -0.39 is 67.2 Å². The van der Waals surface area contributed by atoms with Crippen molar-refractivity contribution in [3.8, 4) is 0 Å². The smallest absolute Gasteiger partial charge is 0.190 e. The Hall–Kier alpha value is -5.12. The highest BCUT2D eigenvalue weighted by Crippen LogP contribution is 2.41. The number of benzene rings is 6. The van der Waals surface area contributed by atoms with Gasteiger partial charge in [0, 0.05) is 0 Å². The molecule has 0 aromatic heterocycles. The fourth-order valence-electron chi connectivity index (χ4n) is 8.88. The Bertz CT molecular complexity index is 2340. The van der Waals surface area contributed by atoms with E-state index in [4.69, 9.17) is 52.1 Å². The maximum atomic E-state index is 7.22. The van der Waals surface area contributed by atoms with Gasteiger partial charge >= 0.3 is 0 Å². The average molecular weight is 923 g/mol. The Morgan fingerprint density at radius 1 is 0.353 bits per heavy atom. The summed E-state index contributed by atoms with van der Waals surface area (Å²) < 4.78 is 75.2. The summed E-state index contributed by atoms with van der Waals surface area (Å²) in [5.41, 5.74) is 6.02. The Morgan fingerprint density at radius 3 is 1.12 bits per heavy atom. The third-order valence-corrected chi connectivity index (χ3v) is 12.2. The maximum absolute atomic E-state index is 7.22. The molecule has 3 heterocycles. The minimum Gasteiger partial charge on any atom is -0.374 e. The van der Waals surface area contributed by atoms with Crippen molar-refractivity contribution in [2.45, 2.75) is 121 Å². The van der Waals surface area contributed by atoms with Gasteiger partial charge in [0.25, 0.3) is 0 Å². The first-order chi connectivity index (χ1) is 33.4. The van der Waals surface area contributed by atoms with E-state index in [9.17, 15) is 0 Å². The molecule has 0 spiro atoms. The van der Waals surface area contributed by atoms with Crippen LogP contribution in [0.2, 0.25) is 0 Å². The topological polar surface area (TPSA) is 102 Å². The first kappa shape index (κ1) is 47.9. The zero-order valence-corrected chi connectivity index (χ0v) is 38.7. The Balaban J connectivity index is 1.07. The lowest BCUT2D eigenvalue weighted by atomic mass is 9.97. The molecule has 3 fully saturated rings. The Kier molecular flexibility index (Phi) is 16.9. The molecule has 6 aromatic carbocycles. The van der Waals surface area contributed by atoms with Crippen molar-refractivity contribution in [1.29, 1.82) is 0 Å². The molecule has 10 atom stereocenters. The van der Waals surface area contributed by atoms with E-state index in [1.54, 1.807) is 0 Å². The Labute approximate surface area is 400 Å². The van der Waals surface area contributed by atoms with Crippen LogP contribution >= 0.6 is 0 Å². The van der Waals surface area contributed by atoms with Gasteiger partial charge in [0.05, 0.1) is 52.9 Å². The summed E-state index contributed by atoms with van der Waals surface area (Å²) in [6, 6.07) is 60.3. The fraction of sp³-hybridized carbons (Fsp3) is 0.368. The molecule has 11 heteroatoms. The van der Waals surface area contributed by atoms with Gasteiger partial charge in [0.15, 0.2) is 18.4 Å². The second kappa shape index (κ2) is 23.9. The highest BCUT2D eigenvalue weighted by Gasteiger charge is 2.58. The predicted molar refractivity (Wildman–Crippen MR) is 255 cm³/mol. The molecule has 0 saturated carbocycles. The van der Waals surface area contributed by atoms with E-state index in [1.165, 1.54) is 0 Å². The van der Waals surface area contributed by atoms with Crippen LogP contribution in [0.15, 0.2) is 182 Å². The average Bonchev–Trinajstić information content (AvgIpc) is 3.71. The van der Waals surface area contributed by atoms with Crippen LogP contribution in [0, 0.1) is 0 Å². The van der Waals surface area contributed by atoms with Gasteiger partial charge in [-0.25, -0.2) is 0 Å². The molecular weight excluding hydrogens is 861 g/mol. The van der Waals surface area contributed by atoms with Gasteiger partial charge in [-0.1, -0.05) is 182 Å². The molecular formula is C57H62O11. The van der Waals surface area contributed by atoms with Crippen molar-refractivity contribution in [2.24, 2.45) is 0 Å². The van der Waals surface area contributed by atoms with E-state index in [0.29, 0.717) is 19.8 Å². The lowest BCUT2D eigenvalue weighted by Crippen LogP contribution is -2.65. The van der Waals surface area contributed by atoms with Crippen molar-refractivity contribution in [2.75, 3.05) is 13.2 Å². The normalized spacial score (nSPS) is 26.6. The first-order valence-corrected chi connectivity index (χ1v) is 23.6. The number of rotatable bonds is 22. The molecule has 0 amide bonds. The molecule has 0 unspecified atom stereocenters. The van der Waals surface area contributed by atoms with Gasteiger partial charge in [-0.15, -0.1) is 0 Å². The highest BCUT2D eigenvalue weighted by molar-refractivity contribution is 5.18. The minimum atomic E-state index is -1.08. The zero-order valence-electron chi connectivity index (χ0n) is 38.7. The van der Waals surface area contributed by atoms with E-state index >= 15 is 0 Å². The summed E-state index contributed by atoms with van der Waals surface area (Å²) >= 11 is 0. The molecule has 9 rings (SSSR count). The second-order valence-corrected chi connectivity index (χ2v) is 17.8. The van der Waals surface area contributed by atoms with Crippen molar-refractivity contribution in [3.05, 3.63) is 215 Å². The quantitative estimate of drug-likeness (QED) is 0.0651. The molecule has 3 aliphatic rings. The van der Waals surface area contributed by atoms with Crippen LogP contribution in [-0.4, -0.2) is 80.4 Å². The highest BCUT2D eigenvalue weighted by atomic mass is 16.8. The summed E-state index contributed by atoms with van der Waals surface area (Å²) in [5.74, 6) is -0.941. The molecule has 0 N–H and O–H groups in total. The van der Waals surface area contributed by atoms with Crippen LogP contribution in [0.3, 0.4) is 0 Å². The monoisotopic (exact) mass is 922 g/mol. The van der Waals surface area contributed by atoms with E-state index in [1.807, 2.05) is 196 Å². The summed E-state index contributed by atoms with van der Waals surface area (Å²) in [6.07, 6.45) is -7.52. The van der Waals surface area contributed by atoms with E-state index in [-0.39, 0.29) is 33.0 Å². The summed E-state index contributed by atoms with van der Waals surface area (Å²) in [6.45, 7) is 6.01. The molecule has 0 aliphatic carbocycles. The van der Waals surface area contributed by atoms with E-state index in [0.717, 1.165) is 33.4 Å². The van der Waals surface area contributed by atoms with Crippen molar-refractivity contribution in [1.82, 2.24) is 0 Å². The summed E-state index contributed by atoms with van der Waals surface area (Å²) in [7, 11) is 0. The molecule has 0 bridgehead atoms. The van der Waals surface area contributed by atoms with Gasteiger partial charge in [0.1, 0.15) is 48.8 Å². The lowest BCUT2D eigenvalue weighted by molar-refractivity contribution is -0.385. The maximum Gasteiger partial charge on any atom is 0.190 e. The van der Waals surface area contributed by atoms with Crippen LogP contribution in [0.5, 0.6) is 0 Å². The van der Waals surface area contributed by atoms with Crippen LogP contribution in [0.4, 0.5) is 0 Å². The zero-order chi connectivity index (χ0) is 46.4. The minimum absolute atomic E-state index is 0.163. The third-order valence-electron chi connectivity index (χ3n) is 12.2. The summed E-state index contributed by atoms with van der Waals surface area (Å²) in [5, 5.41) is 0. The Morgan fingerprint density at radius 2 is 0.676 bits per heavy atom. The number of hydrogen-bond donors (Lipinski definition) is 0. The standard InChI is InChI=1S/C57H62O11/c1-57(2)67-50-48(40-59-34-42-23-11-4-12-24-42)65-56(54(52(50)68-57)63-38-46-31-19-8-20-32-46)66-55-53(62-37-45-29-17-7-18-30-45)51(61-36-44-27-15-6-16-28-44)49(60-35-43-25-13-5-14-26-43)47(64-55)39-58-33-41-21-9-3-10-22-41/h3-32,47-56H,33-40H2,1-2H3/t47-,48-,49-,50+,51+,52+,53+,54-,55-,56+/m1/s1. The molecule has 3 saturated heterocycles. The molecule has 0 radical (unpaired) electrons. The second-order valence-electron chi connectivity index (χ2n) is 17.8. The van der Waals surface area contributed by atoms with Gasteiger partial charge in [0.2, 0.25) is 0 Å². The molecule has 356 valence electrons. The van der Waals surface area contributed by atoms with E-state index in [2.05, 4.69) is 0 Å². The predicted octanol–water partition coefficient (Wildman–Crippen LogP) is 9.75. The van der Waals surface area contributed by atoms with Crippen LogP contribution < -0.4 is 0 Å². The van der Waals surface area contributed by atoms with Gasteiger partial charge in [-0.3, -0.25) is 0 Å².